The van der Waals surface area contributed by atoms with Crippen LogP contribution in [-0.4, -0.2) is 22.7 Å². The van der Waals surface area contributed by atoms with Gasteiger partial charge >= 0.3 is 0 Å². The van der Waals surface area contributed by atoms with Crippen molar-refractivity contribution in [3.05, 3.63) is 35.4 Å². The van der Waals surface area contributed by atoms with E-state index in [0.717, 1.165) is 5.75 Å². The van der Waals surface area contributed by atoms with Crippen LogP contribution in [0.15, 0.2) is 18.2 Å². The van der Waals surface area contributed by atoms with E-state index in [1.165, 1.54) is 18.2 Å². The smallest absolute Gasteiger partial charge is 0.129 e. The minimum Gasteiger partial charge on any atom is -0.392 e. The Morgan fingerprint density at radius 3 is 2.47 bits per heavy atom. The summed E-state index contributed by atoms with van der Waals surface area (Å²) >= 11 is 1.55. The Bertz CT molecular complexity index is 297. The van der Waals surface area contributed by atoms with Gasteiger partial charge in [-0.2, -0.15) is 11.8 Å². The molecule has 1 rings (SSSR count). The van der Waals surface area contributed by atoms with E-state index in [9.17, 15) is 13.9 Å². The van der Waals surface area contributed by atoms with Crippen LogP contribution in [0.2, 0.25) is 0 Å². The fourth-order valence-corrected chi connectivity index (χ4v) is 1.90. The zero-order valence-electron chi connectivity index (χ0n) is 8.54. The molecule has 1 nitrogen and oxygen atoms in total. The molecule has 0 saturated heterocycles. The van der Waals surface area contributed by atoms with Gasteiger partial charge in [0.1, 0.15) is 11.6 Å². The first-order valence-electron chi connectivity index (χ1n) is 4.83. The van der Waals surface area contributed by atoms with Gasteiger partial charge in [-0.15, -0.1) is 0 Å². The largest absolute Gasteiger partial charge is 0.392 e. The molecule has 0 heterocycles. The highest BCUT2D eigenvalue weighted by atomic mass is 32.2. The van der Waals surface area contributed by atoms with Crippen LogP contribution < -0.4 is 0 Å². The van der Waals surface area contributed by atoms with Crippen molar-refractivity contribution >= 4 is 11.8 Å². The van der Waals surface area contributed by atoms with Crippen LogP contribution in [0.1, 0.15) is 12.5 Å². The van der Waals surface area contributed by atoms with Crippen molar-refractivity contribution < 1.29 is 13.9 Å². The lowest BCUT2D eigenvalue weighted by molar-refractivity contribution is 0.197. The molecule has 4 heteroatoms. The van der Waals surface area contributed by atoms with Gasteiger partial charge in [-0.05, 0) is 17.9 Å². The van der Waals surface area contributed by atoms with Crippen LogP contribution in [0.5, 0.6) is 0 Å². The predicted octanol–water partition coefficient (Wildman–Crippen LogP) is 2.62. The summed E-state index contributed by atoms with van der Waals surface area (Å²) in [5.74, 6) is 0.215. The average Bonchev–Trinajstić information content (AvgIpc) is 2.21. The second-order valence-electron chi connectivity index (χ2n) is 3.22. The van der Waals surface area contributed by atoms with E-state index in [4.69, 9.17) is 0 Å². The van der Waals surface area contributed by atoms with Gasteiger partial charge in [0.25, 0.3) is 0 Å². The molecule has 0 aliphatic rings. The van der Waals surface area contributed by atoms with Gasteiger partial charge in [0.2, 0.25) is 0 Å². The van der Waals surface area contributed by atoms with Crippen LogP contribution in [0.25, 0.3) is 0 Å². The Hall–Kier alpha value is -0.610. The summed E-state index contributed by atoms with van der Waals surface area (Å²) in [6, 6.07) is 3.73. The fourth-order valence-electron chi connectivity index (χ4n) is 1.28. The minimum atomic E-state index is -0.693. The summed E-state index contributed by atoms with van der Waals surface area (Å²) in [6.45, 7) is 1.97. The molecule has 1 unspecified atom stereocenters. The highest BCUT2D eigenvalue weighted by molar-refractivity contribution is 7.99. The monoisotopic (exact) mass is 232 g/mol. The lowest BCUT2D eigenvalue weighted by Gasteiger charge is -2.10. The molecular formula is C11H14F2OS. The maximum absolute atomic E-state index is 13.2. The van der Waals surface area contributed by atoms with E-state index in [2.05, 4.69) is 0 Å². The van der Waals surface area contributed by atoms with E-state index in [1.54, 1.807) is 11.8 Å². The van der Waals surface area contributed by atoms with Crippen molar-refractivity contribution in [3.8, 4) is 0 Å². The Labute approximate surface area is 92.5 Å². The second-order valence-corrected chi connectivity index (χ2v) is 4.54. The van der Waals surface area contributed by atoms with Gasteiger partial charge in [0, 0.05) is 17.7 Å². The molecule has 0 aliphatic heterocycles. The number of benzene rings is 1. The second kappa shape index (κ2) is 6.08. The predicted molar refractivity (Wildman–Crippen MR) is 59.1 cm³/mol. The molecule has 84 valence electrons. The number of halogens is 2. The number of thioether (sulfide) groups is 1. The molecule has 0 aromatic heterocycles. The SMILES string of the molecule is CCSCC(O)Cc1c(F)cccc1F. The molecule has 15 heavy (non-hydrogen) atoms. The Kier molecular flexibility index (Phi) is 5.05. The van der Waals surface area contributed by atoms with Gasteiger partial charge in [-0.1, -0.05) is 13.0 Å². The van der Waals surface area contributed by atoms with E-state index in [1.807, 2.05) is 6.92 Å². The quantitative estimate of drug-likeness (QED) is 0.842. The number of hydrogen-bond donors (Lipinski definition) is 1. The molecular weight excluding hydrogens is 218 g/mol. The van der Waals surface area contributed by atoms with Crippen LogP contribution in [-0.2, 0) is 6.42 Å². The third kappa shape index (κ3) is 3.80. The van der Waals surface area contributed by atoms with Gasteiger partial charge in [-0.3, -0.25) is 0 Å². The summed E-state index contributed by atoms with van der Waals surface area (Å²) in [5, 5.41) is 9.53. The van der Waals surface area contributed by atoms with Gasteiger partial charge < -0.3 is 5.11 Å². The molecule has 0 aliphatic carbocycles. The summed E-state index contributed by atoms with van der Waals surface area (Å²) in [7, 11) is 0. The summed E-state index contributed by atoms with van der Waals surface area (Å²) < 4.78 is 26.4. The standard InChI is InChI=1S/C11H14F2OS/c1-2-15-7-8(14)6-9-10(12)4-3-5-11(9)13/h3-5,8,14H,2,6-7H2,1H3. The van der Waals surface area contributed by atoms with E-state index >= 15 is 0 Å². The summed E-state index contributed by atoms with van der Waals surface area (Å²) in [6.07, 6.45) is -0.660. The number of rotatable bonds is 5. The molecule has 0 fully saturated rings. The molecule has 0 spiro atoms. The lowest BCUT2D eigenvalue weighted by atomic mass is 10.1. The Morgan fingerprint density at radius 2 is 1.93 bits per heavy atom. The van der Waals surface area contributed by atoms with Crippen LogP contribution in [0.3, 0.4) is 0 Å². The molecule has 1 aromatic carbocycles. The van der Waals surface area contributed by atoms with Gasteiger partial charge in [-0.25, -0.2) is 8.78 Å². The van der Waals surface area contributed by atoms with Crippen molar-refractivity contribution in [2.75, 3.05) is 11.5 Å². The molecule has 0 saturated carbocycles. The van der Waals surface area contributed by atoms with Crippen molar-refractivity contribution in [2.24, 2.45) is 0 Å². The first-order valence-corrected chi connectivity index (χ1v) is 5.99. The first-order chi connectivity index (χ1) is 7.15. The van der Waals surface area contributed by atoms with E-state index in [0.29, 0.717) is 5.75 Å². The number of aliphatic hydroxyl groups is 1. The fraction of sp³-hybridized carbons (Fsp3) is 0.455. The van der Waals surface area contributed by atoms with E-state index in [-0.39, 0.29) is 12.0 Å². The summed E-state index contributed by atoms with van der Waals surface area (Å²) in [4.78, 5) is 0. The van der Waals surface area contributed by atoms with Crippen molar-refractivity contribution in [2.45, 2.75) is 19.4 Å². The molecule has 1 N–H and O–H groups in total. The van der Waals surface area contributed by atoms with Gasteiger partial charge in [0.15, 0.2) is 0 Å². The summed E-state index contributed by atoms with van der Waals surface area (Å²) in [5.41, 5.74) is -0.0262. The highest BCUT2D eigenvalue weighted by Crippen LogP contribution is 2.15. The molecule has 1 aromatic rings. The Balaban J connectivity index is 2.63. The molecule has 0 radical (unpaired) electrons. The third-order valence-electron chi connectivity index (χ3n) is 2.02. The number of aliphatic hydroxyl groups excluding tert-OH is 1. The first kappa shape index (κ1) is 12.5. The number of hydrogen-bond acceptors (Lipinski definition) is 2. The molecule has 0 amide bonds. The topological polar surface area (TPSA) is 20.2 Å². The van der Waals surface area contributed by atoms with E-state index < -0.39 is 17.7 Å². The minimum absolute atomic E-state index is 0.0262. The van der Waals surface area contributed by atoms with Crippen molar-refractivity contribution in [1.82, 2.24) is 0 Å². The maximum Gasteiger partial charge on any atom is 0.129 e. The van der Waals surface area contributed by atoms with Crippen LogP contribution in [0.4, 0.5) is 8.78 Å². The molecule has 0 bridgehead atoms. The van der Waals surface area contributed by atoms with Crippen molar-refractivity contribution in [1.29, 1.82) is 0 Å². The highest BCUT2D eigenvalue weighted by Gasteiger charge is 2.13. The van der Waals surface area contributed by atoms with Gasteiger partial charge in [0.05, 0.1) is 6.10 Å². The lowest BCUT2D eigenvalue weighted by Crippen LogP contribution is -2.15. The van der Waals surface area contributed by atoms with Crippen LogP contribution >= 0.6 is 11.8 Å². The van der Waals surface area contributed by atoms with Crippen LogP contribution in [0, 0.1) is 11.6 Å². The molecule has 1 atom stereocenters. The average molecular weight is 232 g/mol. The normalized spacial score (nSPS) is 12.8. The van der Waals surface area contributed by atoms with Crippen molar-refractivity contribution in [3.63, 3.8) is 0 Å². The zero-order chi connectivity index (χ0) is 11.3. The third-order valence-corrected chi connectivity index (χ3v) is 3.04. The Morgan fingerprint density at radius 1 is 1.33 bits per heavy atom. The maximum atomic E-state index is 13.2. The zero-order valence-corrected chi connectivity index (χ0v) is 9.36.